The molecule has 6 nitrogen and oxygen atoms in total. The molecule has 0 radical (unpaired) electrons. The Balaban J connectivity index is 1.99. The summed E-state index contributed by atoms with van der Waals surface area (Å²) in [5.74, 6) is -0.425. The lowest BCUT2D eigenvalue weighted by Crippen LogP contribution is -2.33. The van der Waals surface area contributed by atoms with Gasteiger partial charge in [0, 0.05) is 25.5 Å². The van der Waals surface area contributed by atoms with E-state index in [0.29, 0.717) is 11.3 Å². The topological polar surface area (TPSA) is 78.5 Å². The molecule has 0 saturated heterocycles. The van der Waals surface area contributed by atoms with Crippen LogP contribution in [0.1, 0.15) is 11.1 Å². The molecule has 0 aliphatic rings. The fourth-order valence-electron chi connectivity index (χ4n) is 2.39. The first-order chi connectivity index (χ1) is 11.7. The molecule has 0 aliphatic carbocycles. The minimum Gasteiger partial charge on any atom is -0.378 e. The molecular formula is C18H23N3O3S. The Bertz CT molecular complexity index is 860. The molecule has 0 fully saturated rings. The third kappa shape index (κ3) is 5.04. The molecule has 25 heavy (non-hydrogen) atoms. The van der Waals surface area contributed by atoms with Crippen LogP contribution >= 0.6 is 0 Å². The third-order valence-corrected chi connectivity index (χ3v) is 5.27. The Morgan fingerprint density at radius 3 is 2.24 bits per heavy atom. The number of nitrogens with zero attached hydrogens (tertiary/aromatic N) is 1. The molecule has 2 N–H and O–H groups in total. The van der Waals surface area contributed by atoms with Crippen LogP contribution in [0.5, 0.6) is 0 Å². The summed E-state index contributed by atoms with van der Waals surface area (Å²) in [5.41, 5.74) is 3.25. The second-order valence-electron chi connectivity index (χ2n) is 6.08. The van der Waals surface area contributed by atoms with E-state index in [2.05, 4.69) is 10.0 Å². The normalized spacial score (nSPS) is 11.2. The number of benzene rings is 2. The average Bonchev–Trinajstić information content (AvgIpc) is 2.53. The van der Waals surface area contributed by atoms with Gasteiger partial charge in [-0.15, -0.1) is 0 Å². The lowest BCUT2D eigenvalue weighted by Gasteiger charge is -2.13. The van der Waals surface area contributed by atoms with Crippen LogP contribution < -0.4 is 14.9 Å². The third-order valence-electron chi connectivity index (χ3n) is 3.71. The molecule has 0 atom stereocenters. The van der Waals surface area contributed by atoms with Gasteiger partial charge in [0.05, 0.1) is 11.4 Å². The van der Waals surface area contributed by atoms with Gasteiger partial charge in [-0.3, -0.25) is 4.79 Å². The Morgan fingerprint density at radius 1 is 1.04 bits per heavy atom. The number of anilines is 2. The standard InChI is InChI=1S/C18H23N3O3S/c1-13-5-10-17(14(2)11-13)25(23,24)19-12-18(22)20-15-6-8-16(9-7-15)21(3)4/h5-11,19H,12H2,1-4H3,(H,20,22). The minimum atomic E-state index is -3.73. The first-order valence-corrected chi connectivity index (χ1v) is 9.31. The zero-order chi connectivity index (χ0) is 18.6. The Labute approximate surface area is 148 Å². The van der Waals surface area contributed by atoms with Gasteiger partial charge in [-0.25, -0.2) is 13.1 Å². The second-order valence-corrected chi connectivity index (χ2v) is 7.82. The summed E-state index contributed by atoms with van der Waals surface area (Å²) in [4.78, 5) is 14.1. The molecule has 2 rings (SSSR count). The highest BCUT2D eigenvalue weighted by atomic mass is 32.2. The molecule has 2 aromatic rings. The van der Waals surface area contributed by atoms with E-state index < -0.39 is 15.9 Å². The highest BCUT2D eigenvalue weighted by Crippen LogP contribution is 2.17. The van der Waals surface area contributed by atoms with Gasteiger partial charge in [-0.05, 0) is 49.7 Å². The van der Waals surface area contributed by atoms with Crippen molar-refractivity contribution in [1.82, 2.24) is 4.72 Å². The molecule has 1 amide bonds. The molecule has 7 heteroatoms. The van der Waals surface area contributed by atoms with Crippen LogP contribution in [0.4, 0.5) is 11.4 Å². The van der Waals surface area contributed by atoms with Crippen molar-refractivity contribution in [3.05, 3.63) is 53.6 Å². The fraction of sp³-hybridized carbons (Fsp3) is 0.278. The molecular weight excluding hydrogens is 338 g/mol. The highest BCUT2D eigenvalue weighted by molar-refractivity contribution is 7.89. The second kappa shape index (κ2) is 7.67. The van der Waals surface area contributed by atoms with Crippen molar-refractivity contribution in [2.24, 2.45) is 0 Å². The van der Waals surface area contributed by atoms with Crippen molar-refractivity contribution in [3.63, 3.8) is 0 Å². The van der Waals surface area contributed by atoms with Gasteiger partial charge in [0.15, 0.2) is 0 Å². The van der Waals surface area contributed by atoms with E-state index in [1.807, 2.05) is 38.1 Å². The van der Waals surface area contributed by atoms with Gasteiger partial charge in [-0.2, -0.15) is 0 Å². The molecule has 0 heterocycles. The molecule has 0 saturated carbocycles. The number of amides is 1. The zero-order valence-corrected chi connectivity index (χ0v) is 15.6. The van der Waals surface area contributed by atoms with Crippen molar-refractivity contribution < 1.29 is 13.2 Å². The lowest BCUT2D eigenvalue weighted by molar-refractivity contribution is -0.115. The van der Waals surface area contributed by atoms with E-state index >= 15 is 0 Å². The van der Waals surface area contributed by atoms with Gasteiger partial charge in [0.25, 0.3) is 0 Å². The lowest BCUT2D eigenvalue weighted by atomic mass is 10.2. The van der Waals surface area contributed by atoms with Crippen LogP contribution in [0.3, 0.4) is 0 Å². The van der Waals surface area contributed by atoms with E-state index in [-0.39, 0.29) is 11.4 Å². The van der Waals surface area contributed by atoms with E-state index in [1.54, 1.807) is 37.3 Å². The number of carbonyl (C=O) groups is 1. The van der Waals surface area contributed by atoms with Crippen LogP contribution in [-0.4, -0.2) is 35.0 Å². The van der Waals surface area contributed by atoms with Crippen molar-refractivity contribution in [2.75, 3.05) is 30.9 Å². The summed E-state index contributed by atoms with van der Waals surface area (Å²) in [5, 5.41) is 2.67. The van der Waals surface area contributed by atoms with Crippen molar-refractivity contribution in [1.29, 1.82) is 0 Å². The van der Waals surface area contributed by atoms with Gasteiger partial charge >= 0.3 is 0 Å². The predicted octanol–water partition coefficient (Wildman–Crippen LogP) is 2.29. The molecule has 0 spiro atoms. The van der Waals surface area contributed by atoms with Gasteiger partial charge in [0.2, 0.25) is 15.9 Å². The summed E-state index contributed by atoms with van der Waals surface area (Å²) < 4.78 is 27.0. The summed E-state index contributed by atoms with van der Waals surface area (Å²) in [6, 6.07) is 12.3. The molecule has 0 aromatic heterocycles. The van der Waals surface area contributed by atoms with E-state index in [0.717, 1.165) is 11.3 Å². The van der Waals surface area contributed by atoms with Gasteiger partial charge in [0.1, 0.15) is 0 Å². The molecule has 2 aromatic carbocycles. The highest BCUT2D eigenvalue weighted by Gasteiger charge is 2.17. The fourth-order valence-corrected chi connectivity index (χ4v) is 3.59. The number of carbonyl (C=O) groups excluding carboxylic acids is 1. The first-order valence-electron chi connectivity index (χ1n) is 7.83. The van der Waals surface area contributed by atoms with Gasteiger partial charge in [-0.1, -0.05) is 17.7 Å². The maximum absolute atomic E-state index is 12.3. The molecule has 0 aliphatic heterocycles. The number of aryl methyl sites for hydroxylation is 2. The zero-order valence-electron chi connectivity index (χ0n) is 14.8. The quantitative estimate of drug-likeness (QED) is 0.827. The summed E-state index contributed by atoms with van der Waals surface area (Å²) in [6.07, 6.45) is 0. The number of hydrogen-bond donors (Lipinski definition) is 2. The van der Waals surface area contributed by atoms with E-state index in [9.17, 15) is 13.2 Å². The average molecular weight is 361 g/mol. The van der Waals surface area contributed by atoms with Crippen LogP contribution in [0.15, 0.2) is 47.4 Å². The van der Waals surface area contributed by atoms with Crippen molar-refractivity contribution >= 4 is 27.3 Å². The number of rotatable bonds is 6. The molecule has 0 unspecified atom stereocenters. The monoisotopic (exact) mass is 361 g/mol. The smallest absolute Gasteiger partial charge is 0.241 e. The Kier molecular flexibility index (Phi) is 5.81. The largest absolute Gasteiger partial charge is 0.378 e. The van der Waals surface area contributed by atoms with Gasteiger partial charge < -0.3 is 10.2 Å². The number of sulfonamides is 1. The molecule has 0 bridgehead atoms. The van der Waals surface area contributed by atoms with Crippen LogP contribution in [-0.2, 0) is 14.8 Å². The van der Waals surface area contributed by atoms with Crippen LogP contribution in [0, 0.1) is 13.8 Å². The van der Waals surface area contributed by atoms with Crippen LogP contribution in [0.25, 0.3) is 0 Å². The summed E-state index contributed by atoms with van der Waals surface area (Å²) >= 11 is 0. The minimum absolute atomic E-state index is 0.182. The number of hydrogen-bond acceptors (Lipinski definition) is 4. The number of nitrogens with one attached hydrogen (secondary N) is 2. The first kappa shape index (κ1) is 19.0. The predicted molar refractivity (Wildman–Crippen MR) is 101 cm³/mol. The maximum atomic E-state index is 12.3. The van der Waals surface area contributed by atoms with E-state index in [4.69, 9.17) is 0 Å². The van der Waals surface area contributed by atoms with Crippen molar-refractivity contribution in [3.8, 4) is 0 Å². The maximum Gasteiger partial charge on any atom is 0.241 e. The van der Waals surface area contributed by atoms with Crippen molar-refractivity contribution in [2.45, 2.75) is 18.7 Å². The Hall–Kier alpha value is -2.38. The molecule has 134 valence electrons. The SMILES string of the molecule is Cc1ccc(S(=O)(=O)NCC(=O)Nc2ccc(N(C)C)cc2)c(C)c1. The summed E-state index contributed by atoms with van der Waals surface area (Å²) in [6.45, 7) is 3.30. The Morgan fingerprint density at radius 2 is 1.68 bits per heavy atom. The van der Waals surface area contributed by atoms with Crippen LogP contribution in [0.2, 0.25) is 0 Å². The van der Waals surface area contributed by atoms with E-state index in [1.165, 1.54) is 0 Å². The summed E-state index contributed by atoms with van der Waals surface area (Å²) in [7, 11) is 0.122.